The van der Waals surface area contributed by atoms with Crippen LogP contribution in [0.25, 0.3) is 11.1 Å². The third-order valence-corrected chi connectivity index (χ3v) is 5.69. The van der Waals surface area contributed by atoms with Crippen LogP contribution in [0.1, 0.15) is 68.2 Å². The molecule has 3 rings (SSSR count). The molecule has 0 spiro atoms. The Morgan fingerprint density at radius 3 is 2.03 bits per heavy atom. The Balaban J connectivity index is 1.75. The SMILES string of the molecule is CCCCCCC#Cc1ccc(C#Cc2ccc(-c3cc(F)c(N=C=S)c(F)c3)c(CC)c2)cc1. The minimum absolute atomic E-state index is 0.423. The van der Waals surface area contributed by atoms with E-state index in [1.165, 1.54) is 31.4 Å². The molecule has 0 aliphatic rings. The number of benzene rings is 3. The van der Waals surface area contributed by atoms with E-state index in [2.05, 4.69) is 47.8 Å². The third-order valence-electron chi connectivity index (χ3n) is 5.60. The molecule has 0 aliphatic carbocycles. The van der Waals surface area contributed by atoms with Gasteiger partial charge in [0.2, 0.25) is 0 Å². The van der Waals surface area contributed by atoms with Gasteiger partial charge in [-0.2, -0.15) is 4.99 Å². The van der Waals surface area contributed by atoms with E-state index in [0.29, 0.717) is 12.0 Å². The number of isothiocyanates is 1. The van der Waals surface area contributed by atoms with Crippen molar-refractivity contribution in [1.82, 2.24) is 0 Å². The number of aliphatic imine (C=N–C) groups is 1. The summed E-state index contributed by atoms with van der Waals surface area (Å²) in [6, 6.07) is 16.1. The molecule has 0 unspecified atom stereocenters. The summed E-state index contributed by atoms with van der Waals surface area (Å²) < 4.78 is 28.6. The molecule has 1 nitrogen and oxygen atoms in total. The van der Waals surface area contributed by atoms with Gasteiger partial charge in [-0.1, -0.05) is 62.9 Å². The van der Waals surface area contributed by atoms with Gasteiger partial charge in [-0.25, -0.2) is 8.78 Å². The lowest BCUT2D eigenvalue weighted by atomic mass is 9.95. The van der Waals surface area contributed by atoms with Crippen molar-refractivity contribution in [3.8, 4) is 34.8 Å². The van der Waals surface area contributed by atoms with Crippen molar-refractivity contribution >= 4 is 23.1 Å². The third kappa shape index (κ3) is 7.46. The minimum atomic E-state index is -0.770. The minimum Gasteiger partial charge on any atom is -0.204 e. The van der Waals surface area contributed by atoms with Crippen LogP contribution >= 0.6 is 12.2 Å². The molecular weight excluding hydrogens is 456 g/mol. The van der Waals surface area contributed by atoms with E-state index in [4.69, 9.17) is 0 Å². The molecule has 0 saturated carbocycles. The summed E-state index contributed by atoms with van der Waals surface area (Å²) in [5, 5.41) is 2.01. The van der Waals surface area contributed by atoms with E-state index in [-0.39, 0.29) is 0 Å². The summed E-state index contributed by atoms with van der Waals surface area (Å²) in [5.74, 6) is 11.3. The predicted octanol–water partition coefficient (Wildman–Crippen LogP) is 8.65. The summed E-state index contributed by atoms with van der Waals surface area (Å²) in [4.78, 5) is 3.47. The second-order valence-electron chi connectivity index (χ2n) is 8.16. The van der Waals surface area contributed by atoms with Crippen LogP contribution in [0.2, 0.25) is 0 Å². The van der Waals surface area contributed by atoms with Crippen molar-refractivity contribution in [1.29, 1.82) is 0 Å². The second-order valence-corrected chi connectivity index (χ2v) is 8.34. The van der Waals surface area contributed by atoms with Gasteiger partial charge in [-0.05, 0) is 90.3 Å². The molecule has 0 aromatic heterocycles. The number of nitrogens with zero attached hydrogens (tertiary/aromatic N) is 1. The molecule has 0 aliphatic heterocycles. The summed E-state index contributed by atoms with van der Waals surface area (Å²) in [7, 11) is 0. The van der Waals surface area contributed by atoms with E-state index in [1.807, 2.05) is 54.5 Å². The van der Waals surface area contributed by atoms with Gasteiger partial charge in [0, 0.05) is 23.1 Å². The van der Waals surface area contributed by atoms with Crippen LogP contribution < -0.4 is 0 Å². The van der Waals surface area contributed by atoms with Gasteiger partial charge < -0.3 is 0 Å². The van der Waals surface area contributed by atoms with Gasteiger partial charge in [0.1, 0.15) is 5.69 Å². The molecule has 176 valence electrons. The van der Waals surface area contributed by atoms with Gasteiger partial charge in [0.05, 0.1) is 5.16 Å². The van der Waals surface area contributed by atoms with E-state index < -0.39 is 17.3 Å². The molecule has 0 heterocycles. The Morgan fingerprint density at radius 1 is 0.771 bits per heavy atom. The molecule has 0 radical (unpaired) electrons. The van der Waals surface area contributed by atoms with Crippen molar-refractivity contribution in [2.45, 2.75) is 52.4 Å². The Morgan fingerprint density at radius 2 is 1.40 bits per heavy atom. The molecule has 3 aromatic carbocycles. The fourth-order valence-electron chi connectivity index (χ4n) is 3.71. The standard InChI is InChI=1S/C31H27F2NS/c1-3-5-6-7-8-9-10-23-11-13-24(14-12-23)15-16-25-17-18-28(26(4-2)19-25)27-20-29(32)31(34-22-35)30(33)21-27/h11-14,17-21H,3-8H2,1-2H3. The van der Waals surface area contributed by atoms with Crippen LogP contribution in [0.4, 0.5) is 14.5 Å². The zero-order valence-electron chi connectivity index (χ0n) is 20.1. The summed E-state index contributed by atoms with van der Waals surface area (Å²) in [6.45, 7) is 4.20. The van der Waals surface area contributed by atoms with Crippen molar-refractivity contribution in [3.05, 3.63) is 88.5 Å². The Kier molecular flexibility index (Phi) is 9.94. The molecule has 0 fully saturated rings. The maximum atomic E-state index is 14.3. The number of thiocarbonyl (C=S) groups is 1. The fraction of sp³-hybridized carbons (Fsp3) is 0.258. The van der Waals surface area contributed by atoms with Crippen LogP contribution in [0.15, 0.2) is 59.6 Å². The second kappa shape index (κ2) is 13.4. The number of aryl methyl sites for hydroxylation is 1. The lowest BCUT2D eigenvalue weighted by molar-refractivity contribution is 0.588. The first kappa shape index (κ1) is 26.1. The number of hydrogen-bond acceptors (Lipinski definition) is 2. The van der Waals surface area contributed by atoms with Gasteiger partial charge in [0.25, 0.3) is 0 Å². The van der Waals surface area contributed by atoms with Crippen LogP contribution in [0, 0.1) is 35.3 Å². The van der Waals surface area contributed by atoms with Gasteiger partial charge in [-0.3, -0.25) is 0 Å². The first-order valence-electron chi connectivity index (χ1n) is 11.9. The molecule has 0 saturated heterocycles. The van der Waals surface area contributed by atoms with Crippen molar-refractivity contribution in [2.75, 3.05) is 0 Å². The summed E-state index contributed by atoms with van der Waals surface area (Å²) in [5.41, 5.74) is 4.46. The van der Waals surface area contributed by atoms with E-state index in [0.717, 1.165) is 40.7 Å². The number of halogens is 2. The maximum Gasteiger partial charge on any atom is 0.153 e. The normalized spacial score (nSPS) is 9.94. The first-order chi connectivity index (χ1) is 17.0. The average molecular weight is 484 g/mol. The van der Waals surface area contributed by atoms with Crippen LogP contribution in [-0.4, -0.2) is 5.16 Å². The van der Waals surface area contributed by atoms with E-state index in [1.54, 1.807) is 0 Å². The first-order valence-corrected chi connectivity index (χ1v) is 12.3. The lowest BCUT2D eigenvalue weighted by Crippen LogP contribution is -1.92. The van der Waals surface area contributed by atoms with Crippen molar-refractivity contribution in [2.24, 2.45) is 4.99 Å². The highest BCUT2D eigenvalue weighted by molar-refractivity contribution is 7.78. The number of rotatable bonds is 7. The smallest absolute Gasteiger partial charge is 0.153 e. The molecule has 0 N–H and O–H groups in total. The molecule has 0 bridgehead atoms. The molecular formula is C31H27F2NS. The topological polar surface area (TPSA) is 12.4 Å². The Hall–Kier alpha value is -3.56. The van der Waals surface area contributed by atoms with Gasteiger partial charge in [-0.15, -0.1) is 0 Å². The number of unbranched alkanes of at least 4 members (excludes halogenated alkanes) is 4. The largest absolute Gasteiger partial charge is 0.204 e. The number of hydrogen-bond donors (Lipinski definition) is 0. The predicted molar refractivity (Wildman–Crippen MR) is 144 cm³/mol. The van der Waals surface area contributed by atoms with Crippen LogP contribution in [0.3, 0.4) is 0 Å². The van der Waals surface area contributed by atoms with Gasteiger partial charge in [0.15, 0.2) is 11.6 Å². The highest BCUT2D eigenvalue weighted by Crippen LogP contribution is 2.31. The van der Waals surface area contributed by atoms with Crippen LogP contribution in [0.5, 0.6) is 0 Å². The summed E-state index contributed by atoms with van der Waals surface area (Å²) >= 11 is 4.46. The highest BCUT2D eigenvalue weighted by Gasteiger charge is 2.13. The van der Waals surface area contributed by atoms with Crippen LogP contribution in [-0.2, 0) is 6.42 Å². The highest BCUT2D eigenvalue weighted by atomic mass is 32.1. The zero-order valence-corrected chi connectivity index (χ0v) is 20.9. The van der Waals surface area contributed by atoms with Crippen molar-refractivity contribution < 1.29 is 8.78 Å². The molecule has 35 heavy (non-hydrogen) atoms. The average Bonchev–Trinajstić information content (AvgIpc) is 2.87. The quantitative estimate of drug-likeness (QED) is 0.142. The fourth-order valence-corrected chi connectivity index (χ4v) is 3.80. The lowest BCUT2D eigenvalue weighted by Gasteiger charge is -2.10. The van der Waals surface area contributed by atoms with E-state index >= 15 is 0 Å². The van der Waals surface area contributed by atoms with Crippen molar-refractivity contribution in [3.63, 3.8) is 0 Å². The monoisotopic (exact) mass is 483 g/mol. The van der Waals surface area contributed by atoms with Gasteiger partial charge >= 0.3 is 0 Å². The molecule has 0 atom stereocenters. The molecule has 0 amide bonds. The zero-order chi connectivity index (χ0) is 25.0. The molecule has 3 aromatic rings. The maximum absolute atomic E-state index is 14.3. The summed E-state index contributed by atoms with van der Waals surface area (Å²) in [6.07, 6.45) is 6.52. The molecule has 4 heteroatoms. The Labute approximate surface area is 212 Å². The van der Waals surface area contributed by atoms with E-state index in [9.17, 15) is 8.78 Å². The Bertz CT molecular complexity index is 1320.